The van der Waals surface area contributed by atoms with E-state index in [1.54, 1.807) is 13.8 Å². The lowest BCUT2D eigenvalue weighted by atomic mass is 9.95. The lowest BCUT2D eigenvalue weighted by Crippen LogP contribution is -2.30. The van der Waals surface area contributed by atoms with Gasteiger partial charge in [0.05, 0.1) is 5.41 Å². The second-order valence-electron chi connectivity index (χ2n) is 7.14. The number of carbonyl (C=O) groups is 2. The van der Waals surface area contributed by atoms with E-state index in [4.69, 9.17) is 9.84 Å². The van der Waals surface area contributed by atoms with Gasteiger partial charge < -0.3 is 9.84 Å². The normalized spacial score (nSPS) is 11.4. The van der Waals surface area contributed by atoms with E-state index in [2.05, 4.69) is 6.92 Å². The number of hydrogen-bond acceptors (Lipinski definition) is 3. The Morgan fingerprint density at radius 2 is 1.26 bits per heavy atom. The second kappa shape index (κ2) is 13.4. The van der Waals surface area contributed by atoms with Crippen LogP contribution in [0.25, 0.3) is 0 Å². The van der Waals surface area contributed by atoms with E-state index >= 15 is 0 Å². The first-order valence-corrected chi connectivity index (χ1v) is 9.29. The molecule has 0 aromatic rings. The van der Waals surface area contributed by atoms with Crippen LogP contribution in [0.15, 0.2) is 0 Å². The van der Waals surface area contributed by atoms with Crippen LogP contribution in [0.5, 0.6) is 0 Å². The molecule has 1 N–H and O–H groups in total. The zero-order valence-corrected chi connectivity index (χ0v) is 15.4. The Morgan fingerprint density at radius 1 is 0.826 bits per heavy atom. The number of aliphatic carboxylic acids is 1. The minimum atomic E-state index is -1.01. The standard InChI is InChI=1S/C19H36O4/c1-4-5-6-7-8-9-10-11-12-13-14-15-17(20)23-16-19(2,3)18(21)22/h4-16H2,1-3H3,(H,21,22). The SMILES string of the molecule is CCCCCCCCCCCCCC(=O)OCC(C)(C)C(=O)O. The van der Waals surface area contributed by atoms with Gasteiger partial charge in [0.2, 0.25) is 0 Å². The van der Waals surface area contributed by atoms with Gasteiger partial charge in [-0.3, -0.25) is 9.59 Å². The molecule has 0 heterocycles. The van der Waals surface area contributed by atoms with E-state index in [0.717, 1.165) is 12.8 Å². The number of rotatable bonds is 15. The van der Waals surface area contributed by atoms with Gasteiger partial charge in [-0.25, -0.2) is 0 Å². The van der Waals surface area contributed by atoms with E-state index in [1.807, 2.05) is 0 Å². The third kappa shape index (κ3) is 13.1. The van der Waals surface area contributed by atoms with Crippen LogP contribution in [-0.2, 0) is 14.3 Å². The van der Waals surface area contributed by atoms with Crippen molar-refractivity contribution in [2.45, 2.75) is 97.8 Å². The Kier molecular flexibility index (Phi) is 12.8. The molecule has 0 atom stereocenters. The lowest BCUT2D eigenvalue weighted by molar-refractivity contribution is -0.156. The van der Waals surface area contributed by atoms with Crippen molar-refractivity contribution >= 4 is 11.9 Å². The molecular weight excluding hydrogens is 292 g/mol. The molecule has 23 heavy (non-hydrogen) atoms. The first kappa shape index (κ1) is 21.9. The first-order chi connectivity index (χ1) is 10.9. The molecule has 0 saturated heterocycles. The highest BCUT2D eigenvalue weighted by atomic mass is 16.5. The van der Waals surface area contributed by atoms with Crippen LogP contribution in [0.3, 0.4) is 0 Å². The summed E-state index contributed by atoms with van der Waals surface area (Å²) in [7, 11) is 0. The molecule has 4 heteroatoms. The van der Waals surface area contributed by atoms with Gasteiger partial charge in [-0.1, -0.05) is 71.1 Å². The predicted octanol–water partition coefficient (Wildman–Crippen LogP) is 5.34. The molecule has 0 unspecified atom stereocenters. The molecule has 0 fully saturated rings. The van der Waals surface area contributed by atoms with Crippen molar-refractivity contribution in [1.29, 1.82) is 0 Å². The number of ether oxygens (including phenoxy) is 1. The molecule has 0 aromatic heterocycles. The van der Waals surface area contributed by atoms with Crippen LogP contribution < -0.4 is 0 Å². The van der Waals surface area contributed by atoms with E-state index in [-0.39, 0.29) is 12.6 Å². The summed E-state index contributed by atoms with van der Waals surface area (Å²) in [5.74, 6) is -1.23. The maximum Gasteiger partial charge on any atom is 0.312 e. The minimum Gasteiger partial charge on any atom is -0.481 e. The summed E-state index contributed by atoms with van der Waals surface area (Å²) >= 11 is 0. The van der Waals surface area contributed by atoms with Crippen molar-refractivity contribution < 1.29 is 19.4 Å². The molecule has 0 aliphatic rings. The largest absolute Gasteiger partial charge is 0.481 e. The fourth-order valence-electron chi connectivity index (χ4n) is 2.33. The summed E-state index contributed by atoms with van der Waals surface area (Å²) in [6.07, 6.45) is 14.1. The van der Waals surface area contributed by atoms with Crippen molar-refractivity contribution in [3.8, 4) is 0 Å². The number of carbonyl (C=O) groups excluding carboxylic acids is 1. The van der Waals surface area contributed by atoms with Crippen molar-refractivity contribution in [1.82, 2.24) is 0 Å². The molecular formula is C19H36O4. The summed E-state index contributed by atoms with van der Waals surface area (Å²) < 4.78 is 5.04. The fraction of sp³-hybridized carbons (Fsp3) is 0.895. The van der Waals surface area contributed by atoms with E-state index < -0.39 is 11.4 Å². The van der Waals surface area contributed by atoms with E-state index in [1.165, 1.54) is 57.8 Å². The van der Waals surface area contributed by atoms with Crippen molar-refractivity contribution in [3.63, 3.8) is 0 Å². The van der Waals surface area contributed by atoms with Gasteiger partial charge in [-0.2, -0.15) is 0 Å². The number of unbranched alkanes of at least 4 members (excludes halogenated alkanes) is 10. The summed E-state index contributed by atoms with van der Waals surface area (Å²) in [6.45, 7) is 5.30. The fourth-order valence-corrected chi connectivity index (χ4v) is 2.33. The maximum absolute atomic E-state index is 11.6. The van der Waals surface area contributed by atoms with Gasteiger partial charge in [-0.15, -0.1) is 0 Å². The van der Waals surface area contributed by atoms with E-state index in [0.29, 0.717) is 6.42 Å². The Hall–Kier alpha value is -1.06. The van der Waals surface area contributed by atoms with Gasteiger partial charge in [-0.05, 0) is 20.3 Å². The molecule has 0 aromatic carbocycles. The second-order valence-corrected chi connectivity index (χ2v) is 7.14. The maximum atomic E-state index is 11.6. The number of carboxylic acids is 1. The molecule has 4 nitrogen and oxygen atoms in total. The van der Waals surface area contributed by atoms with Crippen molar-refractivity contribution in [2.24, 2.45) is 5.41 Å². The zero-order valence-electron chi connectivity index (χ0n) is 15.4. The third-order valence-electron chi connectivity index (χ3n) is 4.16. The van der Waals surface area contributed by atoms with Crippen LogP contribution in [0.4, 0.5) is 0 Å². The van der Waals surface area contributed by atoms with Crippen LogP contribution in [-0.4, -0.2) is 23.7 Å². The quantitative estimate of drug-likeness (QED) is 0.325. The highest BCUT2D eigenvalue weighted by Gasteiger charge is 2.28. The monoisotopic (exact) mass is 328 g/mol. The lowest BCUT2D eigenvalue weighted by Gasteiger charge is -2.18. The summed E-state index contributed by atoms with van der Waals surface area (Å²) in [5.41, 5.74) is -1.01. The number of hydrogen-bond donors (Lipinski definition) is 1. The van der Waals surface area contributed by atoms with Gasteiger partial charge in [0.1, 0.15) is 6.61 Å². The first-order valence-electron chi connectivity index (χ1n) is 9.29. The Bertz CT molecular complexity index is 323. The molecule has 0 spiro atoms. The predicted molar refractivity (Wildman–Crippen MR) is 93.5 cm³/mol. The summed E-state index contributed by atoms with van der Waals surface area (Å²) in [6, 6.07) is 0. The number of esters is 1. The molecule has 0 saturated carbocycles. The molecule has 0 aliphatic heterocycles. The molecule has 0 rings (SSSR count). The zero-order chi connectivity index (χ0) is 17.6. The number of carboxylic acid groups (broad SMARTS) is 1. The van der Waals surface area contributed by atoms with Crippen molar-refractivity contribution in [2.75, 3.05) is 6.61 Å². The third-order valence-corrected chi connectivity index (χ3v) is 4.16. The molecule has 0 amide bonds. The highest BCUT2D eigenvalue weighted by Crippen LogP contribution is 2.16. The molecule has 136 valence electrons. The van der Waals surface area contributed by atoms with Gasteiger partial charge in [0.15, 0.2) is 0 Å². The summed E-state index contributed by atoms with van der Waals surface area (Å²) in [5, 5.41) is 8.94. The van der Waals surface area contributed by atoms with Crippen LogP contribution in [0.1, 0.15) is 97.8 Å². The molecule has 0 radical (unpaired) electrons. The van der Waals surface area contributed by atoms with Crippen molar-refractivity contribution in [3.05, 3.63) is 0 Å². The average Bonchev–Trinajstić information content (AvgIpc) is 2.50. The Balaban J connectivity index is 3.38. The van der Waals surface area contributed by atoms with E-state index in [9.17, 15) is 9.59 Å². The van der Waals surface area contributed by atoms with Gasteiger partial charge in [0.25, 0.3) is 0 Å². The molecule has 0 aliphatic carbocycles. The Morgan fingerprint density at radius 3 is 1.70 bits per heavy atom. The smallest absolute Gasteiger partial charge is 0.312 e. The van der Waals surface area contributed by atoms with Crippen LogP contribution in [0, 0.1) is 5.41 Å². The average molecular weight is 328 g/mol. The minimum absolute atomic E-state index is 0.0564. The van der Waals surface area contributed by atoms with Gasteiger partial charge >= 0.3 is 11.9 Å². The van der Waals surface area contributed by atoms with Gasteiger partial charge in [0, 0.05) is 6.42 Å². The topological polar surface area (TPSA) is 63.6 Å². The highest BCUT2D eigenvalue weighted by molar-refractivity contribution is 5.75. The van der Waals surface area contributed by atoms with Crippen LogP contribution in [0.2, 0.25) is 0 Å². The van der Waals surface area contributed by atoms with Crippen LogP contribution >= 0.6 is 0 Å². The Labute approximate surface area is 142 Å². The summed E-state index contributed by atoms with van der Waals surface area (Å²) in [4.78, 5) is 22.5. The molecule has 0 bridgehead atoms.